The number of methoxy groups -OCH3 is 3. The van der Waals surface area contributed by atoms with Crippen LogP contribution in [0.3, 0.4) is 0 Å². The number of hydrogen-bond donors (Lipinski definition) is 1. The summed E-state index contributed by atoms with van der Waals surface area (Å²) in [7, 11) is 3.94. The normalized spacial score (nSPS) is 15.9. The molecule has 1 aliphatic rings. The van der Waals surface area contributed by atoms with Crippen LogP contribution in [0, 0.1) is 11.3 Å². The minimum absolute atomic E-state index is 0.0163. The number of ether oxygens (including phenoxy) is 3. The van der Waals surface area contributed by atoms with Crippen LogP contribution in [0.4, 0.5) is 5.69 Å². The maximum absolute atomic E-state index is 12.9. The lowest BCUT2D eigenvalue weighted by Gasteiger charge is -2.35. The fourth-order valence-corrected chi connectivity index (χ4v) is 3.51. The van der Waals surface area contributed by atoms with Gasteiger partial charge in [-0.05, 0) is 29.8 Å². The number of hydrogen-bond acceptors (Lipinski definition) is 8. The van der Waals surface area contributed by atoms with E-state index in [1.165, 1.54) is 26.2 Å². The van der Waals surface area contributed by atoms with Crippen LogP contribution in [0.2, 0.25) is 0 Å². The summed E-state index contributed by atoms with van der Waals surface area (Å²) >= 11 is 0. The van der Waals surface area contributed by atoms with Crippen LogP contribution in [0.1, 0.15) is 11.5 Å². The van der Waals surface area contributed by atoms with E-state index >= 15 is 0 Å². The summed E-state index contributed by atoms with van der Waals surface area (Å²) in [4.78, 5) is 27.2. The Morgan fingerprint density at radius 2 is 1.58 bits per heavy atom. The first-order valence-electron chi connectivity index (χ1n) is 9.28. The van der Waals surface area contributed by atoms with Gasteiger partial charge in [-0.15, -0.1) is 0 Å². The predicted molar refractivity (Wildman–Crippen MR) is 113 cm³/mol. The van der Waals surface area contributed by atoms with E-state index < -0.39 is 17.9 Å². The Hall–Kier alpha value is -4.25. The van der Waals surface area contributed by atoms with Crippen LogP contribution in [0.25, 0.3) is 0 Å². The lowest BCUT2D eigenvalue weighted by atomic mass is 9.81. The van der Waals surface area contributed by atoms with Crippen molar-refractivity contribution in [1.82, 2.24) is 0 Å². The molecule has 2 N–H and O–H groups in total. The number of carbonyl (C=O) groups is 2. The predicted octanol–water partition coefficient (Wildman–Crippen LogP) is 2.59. The summed E-state index contributed by atoms with van der Waals surface area (Å²) in [5.74, 6) is -1.89. The highest BCUT2D eigenvalue weighted by Crippen LogP contribution is 2.43. The van der Waals surface area contributed by atoms with E-state index in [-0.39, 0.29) is 22.7 Å². The molecule has 2 aromatic carbocycles. The van der Waals surface area contributed by atoms with Gasteiger partial charge >= 0.3 is 11.9 Å². The molecule has 0 unspecified atom stereocenters. The minimum atomic E-state index is -0.933. The van der Waals surface area contributed by atoms with Crippen molar-refractivity contribution in [3.05, 3.63) is 82.8 Å². The van der Waals surface area contributed by atoms with Gasteiger partial charge < -0.3 is 19.9 Å². The number of allylic oxidation sites excluding steroid dienone is 1. The second-order valence-corrected chi connectivity index (χ2v) is 6.53. The number of nitrogens with two attached hydrogens (primary N) is 1. The van der Waals surface area contributed by atoms with E-state index in [2.05, 4.69) is 6.07 Å². The molecular formula is C23H21N3O5. The Kier molecular flexibility index (Phi) is 6.26. The zero-order chi connectivity index (χ0) is 22.5. The maximum Gasteiger partial charge on any atom is 0.355 e. The molecule has 158 valence electrons. The first-order chi connectivity index (χ1) is 15.0. The first-order valence-corrected chi connectivity index (χ1v) is 9.28. The SMILES string of the molecule is COC(=O)C1=C(C(=O)OC)N(c2ccccc2)C(N)=C(C#N)[C@H]1c1ccc(OC)cc1. The van der Waals surface area contributed by atoms with Crippen molar-refractivity contribution in [2.24, 2.45) is 5.73 Å². The number of nitriles is 1. The average Bonchev–Trinajstić information content (AvgIpc) is 2.82. The quantitative estimate of drug-likeness (QED) is 0.736. The van der Waals surface area contributed by atoms with Crippen LogP contribution in [-0.4, -0.2) is 33.3 Å². The lowest BCUT2D eigenvalue weighted by molar-refractivity contribution is -0.139. The van der Waals surface area contributed by atoms with E-state index in [9.17, 15) is 14.9 Å². The molecule has 0 aliphatic carbocycles. The number of nitrogens with zero attached hydrogens (tertiary/aromatic N) is 2. The Morgan fingerprint density at radius 3 is 2.10 bits per heavy atom. The second kappa shape index (κ2) is 9.05. The molecule has 0 saturated carbocycles. The highest BCUT2D eigenvalue weighted by atomic mass is 16.5. The number of anilines is 1. The molecule has 0 fully saturated rings. The van der Waals surface area contributed by atoms with Gasteiger partial charge in [-0.2, -0.15) is 5.26 Å². The molecule has 1 atom stereocenters. The number of benzene rings is 2. The zero-order valence-corrected chi connectivity index (χ0v) is 17.3. The van der Waals surface area contributed by atoms with Gasteiger partial charge in [-0.1, -0.05) is 30.3 Å². The van der Waals surface area contributed by atoms with Crippen LogP contribution in [0.15, 0.2) is 77.3 Å². The molecule has 3 rings (SSSR count). The summed E-state index contributed by atoms with van der Waals surface area (Å²) in [6.45, 7) is 0. The molecule has 0 amide bonds. The zero-order valence-electron chi connectivity index (χ0n) is 17.3. The summed E-state index contributed by atoms with van der Waals surface area (Å²) in [6, 6.07) is 17.6. The minimum Gasteiger partial charge on any atom is -0.497 e. The first kappa shape index (κ1) is 21.5. The Labute approximate surface area is 179 Å². The van der Waals surface area contributed by atoms with Gasteiger partial charge in [0, 0.05) is 5.69 Å². The van der Waals surface area contributed by atoms with Gasteiger partial charge in [0.25, 0.3) is 0 Å². The fourth-order valence-electron chi connectivity index (χ4n) is 3.51. The van der Waals surface area contributed by atoms with Crippen molar-refractivity contribution in [2.75, 3.05) is 26.2 Å². The van der Waals surface area contributed by atoms with Crippen LogP contribution in [0.5, 0.6) is 5.75 Å². The molecule has 2 aromatic rings. The number of carbonyl (C=O) groups excluding carboxylic acids is 2. The molecule has 8 heteroatoms. The highest BCUT2D eigenvalue weighted by molar-refractivity contribution is 6.06. The highest BCUT2D eigenvalue weighted by Gasteiger charge is 2.42. The van der Waals surface area contributed by atoms with Crippen LogP contribution >= 0.6 is 0 Å². The topological polar surface area (TPSA) is 115 Å². The van der Waals surface area contributed by atoms with Crippen molar-refractivity contribution in [2.45, 2.75) is 5.92 Å². The van der Waals surface area contributed by atoms with Gasteiger partial charge in [0.05, 0.1) is 44.5 Å². The average molecular weight is 419 g/mol. The molecule has 0 aromatic heterocycles. The smallest absolute Gasteiger partial charge is 0.355 e. The monoisotopic (exact) mass is 419 g/mol. The van der Waals surface area contributed by atoms with Crippen LogP contribution in [-0.2, 0) is 19.1 Å². The third kappa shape index (κ3) is 3.81. The largest absolute Gasteiger partial charge is 0.497 e. The number of rotatable bonds is 5. The third-order valence-corrected chi connectivity index (χ3v) is 4.94. The van der Waals surface area contributed by atoms with Crippen molar-refractivity contribution in [3.63, 3.8) is 0 Å². The van der Waals surface area contributed by atoms with Gasteiger partial charge in [0.2, 0.25) is 0 Å². The molecule has 1 aliphatic heterocycles. The van der Waals surface area contributed by atoms with Crippen molar-refractivity contribution in [1.29, 1.82) is 5.26 Å². The summed E-state index contributed by atoms with van der Waals surface area (Å²) in [5, 5.41) is 9.98. The lowest BCUT2D eigenvalue weighted by Crippen LogP contribution is -2.40. The molecule has 8 nitrogen and oxygen atoms in total. The van der Waals surface area contributed by atoms with E-state index in [0.29, 0.717) is 17.0 Å². The molecule has 0 radical (unpaired) electrons. The molecular weight excluding hydrogens is 398 g/mol. The van der Waals surface area contributed by atoms with Crippen LogP contribution < -0.4 is 15.4 Å². The van der Waals surface area contributed by atoms with E-state index in [1.807, 2.05) is 0 Å². The molecule has 0 saturated heterocycles. The summed E-state index contributed by atoms with van der Waals surface area (Å²) in [6.07, 6.45) is 0. The molecule has 1 heterocycles. The number of esters is 2. The second-order valence-electron chi connectivity index (χ2n) is 6.53. The van der Waals surface area contributed by atoms with E-state index in [1.54, 1.807) is 54.6 Å². The van der Waals surface area contributed by atoms with Crippen molar-refractivity contribution in [3.8, 4) is 11.8 Å². The van der Waals surface area contributed by atoms with E-state index in [0.717, 1.165) is 0 Å². The molecule has 31 heavy (non-hydrogen) atoms. The van der Waals surface area contributed by atoms with Crippen molar-refractivity contribution < 1.29 is 23.8 Å². The summed E-state index contributed by atoms with van der Waals surface area (Å²) in [5.41, 5.74) is 7.39. The fraction of sp³-hybridized carbons (Fsp3) is 0.174. The van der Waals surface area contributed by atoms with Gasteiger partial charge in [0.1, 0.15) is 17.3 Å². The molecule has 0 spiro atoms. The Balaban J connectivity index is 2.37. The maximum atomic E-state index is 12.9. The molecule has 0 bridgehead atoms. The Morgan fingerprint density at radius 1 is 0.968 bits per heavy atom. The third-order valence-electron chi connectivity index (χ3n) is 4.94. The summed E-state index contributed by atoms with van der Waals surface area (Å²) < 4.78 is 15.2. The standard InChI is InChI=1S/C23H21N3O5/c1-29-16-11-9-14(10-12-16)18-17(13-24)21(25)26(15-7-5-4-6-8-15)20(23(28)31-3)19(18)22(27)30-2/h4-12,18H,25H2,1-3H3/t18-/m1/s1. The van der Waals surface area contributed by atoms with Crippen molar-refractivity contribution >= 4 is 17.6 Å². The number of para-hydroxylation sites is 1. The van der Waals surface area contributed by atoms with Gasteiger partial charge in [-0.3, -0.25) is 4.90 Å². The van der Waals surface area contributed by atoms with E-state index in [4.69, 9.17) is 19.9 Å². The van der Waals surface area contributed by atoms with Gasteiger partial charge in [-0.25, -0.2) is 9.59 Å². The van der Waals surface area contributed by atoms with Gasteiger partial charge in [0.15, 0.2) is 0 Å². The Bertz CT molecular complexity index is 1100.